The third-order valence-corrected chi connectivity index (χ3v) is 3.01. The van der Waals surface area contributed by atoms with Gasteiger partial charge in [0.25, 0.3) is 0 Å². The Morgan fingerprint density at radius 1 is 1.40 bits per heavy atom. The lowest BCUT2D eigenvalue weighted by molar-refractivity contribution is 0.166. The summed E-state index contributed by atoms with van der Waals surface area (Å²) in [6, 6.07) is 6.69. The second-order valence-corrected chi connectivity index (χ2v) is 3.96. The Kier molecular flexibility index (Phi) is 3.69. The summed E-state index contributed by atoms with van der Waals surface area (Å²) in [5, 5.41) is 3.38. The lowest BCUT2D eigenvalue weighted by Crippen LogP contribution is -2.45. The van der Waals surface area contributed by atoms with Gasteiger partial charge in [0.2, 0.25) is 0 Å². The van der Waals surface area contributed by atoms with Gasteiger partial charge in [-0.2, -0.15) is 0 Å². The normalized spacial score (nSPS) is 20.1. The molecule has 1 aliphatic rings. The van der Waals surface area contributed by atoms with Crippen LogP contribution in [0.15, 0.2) is 24.4 Å². The smallest absolute Gasteiger partial charge is 0.0575 e. The number of hydrogen-bond acceptors (Lipinski definition) is 3. The van der Waals surface area contributed by atoms with Crippen molar-refractivity contribution in [3.8, 4) is 0 Å². The van der Waals surface area contributed by atoms with E-state index in [1.165, 1.54) is 5.69 Å². The molecule has 0 saturated carbocycles. The number of hydrogen-bond donors (Lipinski definition) is 1. The van der Waals surface area contributed by atoms with Gasteiger partial charge in [-0.15, -0.1) is 0 Å². The Labute approximate surface area is 91.5 Å². The molecule has 1 fully saturated rings. The van der Waals surface area contributed by atoms with E-state index in [0.29, 0.717) is 6.04 Å². The van der Waals surface area contributed by atoms with Crippen molar-refractivity contribution < 1.29 is 0 Å². The van der Waals surface area contributed by atoms with Crippen molar-refractivity contribution in [2.75, 3.05) is 26.2 Å². The monoisotopic (exact) mass is 205 g/mol. The molecule has 0 bridgehead atoms. The number of nitrogens with one attached hydrogen (secondary N) is 1. The highest BCUT2D eigenvalue weighted by atomic mass is 15.2. The number of piperazine rings is 1. The predicted octanol–water partition coefficient (Wildman–Crippen LogP) is 1.44. The molecule has 3 nitrogen and oxygen atoms in total. The lowest BCUT2D eigenvalue weighted by Gasteiger charge is -2.34. The van der Waals surface area contributed by atoms with E-state index in [1.807, 2.05) is 12.3 Å². The maximum Gasteiger partial charge on any atom is 0.0575 e. The van der Waals surface area contributed by atoms with E-state index < -0.39 is 0 Å². The Morgan fingerprint density at radius 3 is 2.80 bits per heavy atom. The summed E-state index contributed by atoms with van der Waals surface area (Å²) in [4.78, 5) is 6.99. The fourth-order valence-corrected chi connectivity index (χ4v) is 2.22. The van der Waals surface area contributed by atoms with Crippen molar-refractivity contribution >= 4 is 0 Å². The Bertz CT molecular complexity index is 280. The molecule has 82 valence electrons. The van der Waals surface area contributed by atoms with E-state index in [0.717, 1.165) is 32.6 Å². The van der Waals surface area contributed by atoms with E-state index in [1.54, 1.807) is 0 Å². The van der Waals surface area contributed by atoms with Gasteiger partial charge in [0, 0.05) is 32.4 Å². The van der Waals surface area contributed by atoms with Crippen LogP contribution in [-0.4, -0.2) is 36.1 Å². The Morgan fingerprint density at radius 2 is 2.20 bits per heavy atom. The van der Waals surface area contributed by atoms with Crippen molar-refractivity contribution in [2.24, 2.45) is 0 Å². The van der Waals surface area contributed by atoms with Gasteiger partial charge in [-0.3, -0.25) is 9.88 Å². The van der Waals surface area contributed by atoms with Crippen LogP contribution in [0, 0.1) is 0 Å². The molecule has 0 aromatic carbocycles. The average Bonchev–Trinajstić information content (AvgIpc) is 2.33. The third-order valence-electron chi connectivity index (χ3n) is 3.01. The molecular weight excluding hydrogens is 186 g/mol. The standard InChI is InChI=1S/C12H19N3/c1-2-12(11-5-3-4-6-14-11)15-9-7-13-8-10-15/h3-6,12-13H,2,7-10H2,1H3/t12-/m0/s1. The molecule has 15 heavy (non-hydrogen) atoms. The molecular formula is C12H19N3. The topological polar surface area (TPSA) is 28.2 Å². The van der Waals surface area contributed by atoms with Gasteiger partial charge in [0.1, 0.15) is 0 Å². The second-order valence-electron chi connectivity index (χ2n) is 3.96. The van der Waals surface area contributed by atoms with Crippen LogP contribution in [0.1, 0.15) is 25.1 Å². The minimum Gasteiger partial charge on any atom is -0.314 e. The van der Waals surface area contributed by atoms with Crippen molar-refractivity contribution in [3.63, 3.8) is 0 Å². The SMILES string of the molecule is CC[C@@H](c1ccccn1)N1CCNCC1. The summed E-state index contributed by atoms with van der Waals surface area (Å²) in [5.74, 6) is 0. The molecule has 1 saturated heterocycles. The van der Waals surface area contributed by atoms with Crippen molar-refractivity contribution in [2.45, 2.75) is 19.4 Å². The number of nitrogens with zero attached hydrogens (tertiary/aromatic N) is 2. The average molecular weight is 205 g/mol. The van der Waals surface area contributed by atoms with E-state index in [-0.39, 0.29) is 0 Å². The van der Waals surface area contributed by atoms with Gasteiger partial charge < -0.3 is 5.32 Å². The van der Waals surface area contributed by atoms with Gasteiger partial charge in [-0.1, -0.05) is 13.0 Å². The summed E-state index contributed by atoms with van der Waals surface area (Å²) in [6.45, 7) is 6.71. The molecule has 0 unspecified atom stereocenters. The van der Waals surface area contributed by atoms with E-state index in [2.05, 4.69) is 34.3 Å². The van der Waals surface area contributed by atoms with Gasteiger partial charge in [-0.05, 0) is 18.6 Å². The molecule has 0 radical (unpaired) electrons. The number of aromatic nitrogens is 1. The van der Waals surface area contributed by atoms with Crippen LogP contribution in [0.4, 0.5) is 0 Å². The number of rotatable bonds is 3. The highest BCUT2D eigenvalue weighted by Crippen LogP contribution is 2.21. The van der Waals surface area contributed by atoms with Gasteiger partial charge in [0.15, 0.2) is 0 Å². The molecule has 1 aliphatic heterocycles. The molecule has 0 aliphatic carbocycles. The quantitative estimate of drug-likeness (QED) is 0.809. The van der Waals surface area contributed by atoms with Crippen molar-refractivity contribution in [3.05, 3.63) is 30.1 Å². The van der Waals surface area contributed by atoms with E-state index >= 15 is 0 Å². The zero-order chi connectivity index (χ0) is 10.5. The highest BCUT2D eigenvalue weighted by Gasteiger charge is 2.20. The first kappa shape index (κ1) is 10.6. The molecule has 1 aromatic heterocycles. The molecule has 2 heterocycles. The lowest BCUT2D eigenvalue weighted by atomic mass is 10.1. The molecule has 1 N–H and O–H groups in total. The van der Waals surface area contributed by atoms with Gasteiger partial charge >= 0.3 is 0 Å². The molecule has 1 aromatic rings. The fourth-order valence-electron chi connectivity index (χ4n) is 2.22. The van der Waals surface area contributed by atoms with E-state index in [9.17, 15) is 0 Å². The second kappa shape index (κ2) is 5.24. The van der Waals surface area contributed by atoms with Crippen LogP contribution < -0.4 is 5.32 Å². The summed E-state index contributed by atoms with van der Waals surface area (Å²) < 4.78 is 0. The fraction of sp³-hybridized carbons (Fsp3) is 0.583. The first-order valence-corrected chi connectivity index (χ1v) is 5.77. The van der Waals surface area contributed by atoms with Crippen LogP contribution in [0.25, 0.3) is 0 Å². The minimum absolute atomic E-state index is 0.494. The first-order chi connectivity index (χ1) is 7.42. The van der Waals surface area contributed by atoms with Crippen molar-refractivity contribution in [1.29, 1.82) is 0 Å². The predicted molar refractivity (Wildman–Crippen MR) is 61.7 cm³/mol. The molecule has 3 heteroatoms. The molecule has 0 spiro atoms. The van der Waals surface area contributed by atoms with E-state index in [4.69, 9.17) is 0 Å². The Balaban J connectivity index is 2.09. The summed E-state index contributed by atoms with van der Waals surface area (Å²) >= 11 is 0. The molecule has 1 atom stereocenters. The van der Waals surface area contributed by atoms with Crippen molar-refractivity contribution in [1.82, 2.24) is 15.2 Å². The van der Waals surface area contributed by atoms with Crippen LogP contribution in [-0.2, 0) is 0 Å². The Hall–Kier alpha value is -0.930. The van der Waals surface area contributed by atoms with Crippen LogP contribution in [0.2, 0.25) is 0 Å². The molecule has 2 rings (SSSR count). The largest absolute Gasteiger partial charge is 0.314 e. The zero-order valence-electron chi connectivity index (χ0n) is 9.32. The molecule has 0 amide bonds. The van der Waals surface area contributed by atoms with Crippen LogP contribution in [0.3, 0.4) is 0 Å². The zero-order valence-corrected chi connectivity index (χ0v) is 9.32. The maximum absolute atomic E-state index is 4.46. The third kappa shape index (κ3) is 2.55. The van der Waals surface area contributed by atoms with Gasteiger partial charge in [-0.25, -0.2) is 0 Å². The minimum atomic E-state index is 0.494. The number of pyridine rings is 1. The highest BCUT2D eigenvalue weighted by molar-refractivity contribution is 5.09. The summed E-state index contributed by atoms with van der Waals surface area (Å²) in [5.41, 5.74) is 1.21. The van der Waals surface area contributed by atoms with Crippen LogP contribution >= 0.6 is 0 Å². The summed E-state index contributed by atoms with van der Waals surface area (Å²) in [7, 11) is 0. The maximum atomic E-state index is 4.46. The van der Waals surface area contributed by atoms with Gasteiger partial charge in [0.05, 0.1) is 11.7 Å². The summed E-state index contributed by atoms with van der Waals surface area (Å²) in [6.07, 6.45) is 3.03. The first-order valence-electron chi connectivity index (χ1n) is 5.77. The van der Waals surface area contributed by atoms with Crippen LogP contribution in [0.5, 0.6) is 0 Å².